The quantitative estimate of drug-likeness (QED) is 0.674. The zero-order valence-corrected chi connectivity index (χ0v) is 13.1. The topological polar surface area (TPSA) is 65.0 Å². The maximum absolute atomic E-state index is 13.7. The second-order valence-electron chi connectivity index (χ2n) is 4.99. The molecule has 28 heavy (non-hydrogen) atoms. The third-order valence-corrected chi connectivity index (χ3v) is 3.08. The van der Waals surface area contributed by atoms with Crippen LogP contribution in [0.15, 0.2) is 30.3 Å². The first-order valence-electron chi connectivity index (χ1n) is 8.37. The highest BCUT2D eigenvalue weighted by Gasteiger charge is 2.36. The lowest BCUT2D eigenvalue weighted by Gasteiger charge is -2.16. The zero-order chi connectivity index (χ0) is 23.8. The number of carbonyl (C=O) groups is 1. The monoisotopic (exact) mass is 417 g/mol. The van der Waals surface area contributed by atoms with E-state index in [1.165, 1.54) is 0 Å². The summed E-state index contributed by atoms with van der Waals surface area (Å²) in [5.41, 5.74) is -2.98. The van der Waals surface area contributed by atoms with E-state index in [1.54, 1.807) is 0 Å². The summed E-state index contributed by atoms with van der Waals surface area (Å²) < 4.78 is 124. The molecule has 0 saturated carbocycles. The number of carboxylic acid groups (broad SMARTS) is 1. The van der Waals surface area contributed by atoms with Crippen LogP contribution in [0.3, 0.4) is 0 Å². The van der Waals surface area contributed by atoms with E-state index in [4.69, 9.17) is 14.0 Å². The SMILES string of the molecule is [2H]C([2H])([2H])Oc1cc(OC(F)(F)F)ccc1Oc1cc(C(F)(F)F)c(F)cc1C(=O)O. The maximum atomic E-state index is 13.7. The van der Waals surface area contributed by atoms with E-state index in [1.807, 2.05) is 0 Å². The molecule has 1 N–H and O–H groups in total. The molecular formula is C16H9F7O5. The van der Waals surface area contributed by atoms with Crippen molar-refractivity contribution in [3.05, 3.63) is 47.3 Å². The maximum Gasteiger partial charge on any atom is 0.573 e. The summed E-state index contributed by atoms with van der Waals surface area (Å²) in [6.45, 7) is 0. The number of halogens is 7. The first kappa shape index (κ1) is 17.0. The minimum atomic E-state index is -5.25. The first-order valence-corrected chi connectivity index (χ1v) is 6.87. The highest BCUT2D eigenvalue weighted by molar-refractivity contribution is 5.91. The number of aromatic carboxylic acids is 1. The Morgan fingerprint density at radius 1 is 1.04 bits per heavy atom. The Labute approximate surface area is 156 Å². The molecule has 0 spiro atoms. The molecule has 5 nitrogen and oxygen atoms in total. The highest BCUT2D eigenvalue weighted by atomic mass is 19.4. The van der Waals surface area contributed by atoms with Crippen molar-refractivity contribution in [3.63, 3.8) is 0 Å². The molecule has 0 aliphatic rings. The molecule has 2 aromatic rings. The van der Waals surface area contributed by atoms with Gasteiger partial charge in [0.15, 0.2) is 11.5 Å². The van der Waals surface area contributed by atoms with Gasteiger partial charge < -0.3 is 19.3 Å². The predicted octanol–water partition coefficient (Wildman–Crippen LogP) is 5.24. The van der Waals surface area contributed by atoms with Crippen molar-refractivity contribution in [2.75, 3.05) is 7.04 Å². The van der Waals surface area contributed by atoms with Gasteiger partial charge in [0.25, 0.3) is 0 Å². The molecule has 0 fully saturated rings. The summed E-state index contributed by atoms with van der Waals surface area (Å²) in [7, 11) is -3.25. The van der Waals surface area contributed by atoms with E-state index in [2.05, 4.69) is 9.47 Å². The lowest BCUT2D eigenvalue weighted by Crippen LogP contribution is -2.17. The molecule has 0 bridgehead atoms. The molecule has 2 aromatic carbocycles. The number of rotatable bonds is 5. The van der Waals surface area contributed by atoms with Gasteiger partial charge in [-0.15, -0.1) is 13.2 Å². The summed E-state index contributed by atoms with van der Waals surface area (Å²) in [5, 5.41) is 9.10. The van der Waals surface area contributed by atoms with Crippen LogP contribution in [0.25, 0.3) is 0 Å². The van der Waals surface area contributed by atoms with Crippen LogP contribution in [-0.2, 0) is 6.18 Å². The third kappa shape index (κ3) is 4.96. The van der Waals surface area contributed by atoms with Gasteiger partial charge in [-0.2, -0.15) is 13.2 Å². The Balaban J connectivity index is 2.59. The second kappa shape index (κ2) is 7.44. The van der Waals surface area contributed by atoms with Crippen molar-refractivity contribution in [2.24, 2.45) is 0 Å². The van der Waals surface area contributed by atoms with E-state index in [0.717, 1.165) is 0 Å². The van der Waals surface area contributed by atoms with Crippen LogP contribution in [0, 0.1) is 5.82 Å². The van der Waals surface area contributed by atoms with Gasteiger partial charge in [0.2, 0.25) is 0 Å². The smallest absolute Gasteiger partial charge is 0.493 e. The normalized spacial score (nSPS) is 13.9. The summed E-state index contributed by atoms with van der Waals surface area (Å²) in [5.74, 6) is -7.61. The van der Waals surface area contributed by atoms with Crippen LogP contribution in [0.5, 0.6) is 23.0 Å². The van der Waals surface area contributed by atoms with E-state index in [0.29, 0.717) is 18.2 Å². The number of carboxylic acids is 1. The van der Waals surface area contributed by atoms with Gasteiger partial charge >= 0.3 is 18.5 Å². The molecule has 0 unspecified atom stereocenters. The molecule has 0 aromatic heterocycles. The van der Waals surface area contributed by atoms with Crippen molar-refractivity contribution in [1.29, 1.82) is 0 Å². The number of ether oxygens (including phenoxy) is 3. The van der Waals surface area contributed by atoms with Crippen LogP contribution < -0.4 is 14.2 Å². The number of benzene rings is 2. The molecule has 0 aliphatic carbocycles. The number of hydrogen-bond donors (Lipinski definition) is 1. The van der Waals surface area contributed by atoms with Crippen molar-refractivity contribution >= 4 is 5.97 Å². The van der Waals surface area contributed by atoms with Gasteiger partial charge in [0.05, 0.1) is 16.7 Å². The van der Waals surface area contributed by atoms with Crippen molar-refractivity contribution in [3.8, 4) is 23.0 Å². The lowest BCUT2D eigenvalue weighted by molar-refractivity contribution is -0.274. The summed E-state index contributed by atoms with van der Waals surface area (Å²) in [6, 6.07) is 1.65. The fourth-order valence-corrected chi connectivity index (χ4v) is 1.99. The fourth-order valence-electron chi connectivity index (χ4n) is 1.99. The average Bonchev–Trinajstić information content (AvgIpc) is 2.54. The number of methoxy groups -OCH3 is 1. The molecule has 0 saturated heterocycles. The Kier molecular flexibility index (Phi) is 4.51. The first-order chi connectivity index (χ1) is 14.0. The van der Waals surface area contributed by atoms with Crippen LogP contribution in [0.2, 0.25) is 0 Å². The summed E-state index contributed by atoms with van der Waals surface area (Å²) in [4.78, 5) is 11.3. The molecule has 0 heterocycles. The number of hydrogen-bond acceptors (Lipinski definition) is 4. The molecule has 152 valence electrons. The van der Waals surface area contributed by atoms with Gasteiger partial charge in [-0.05, 0) is 24.3 Å². The van der Waals surface area contributed by atoms with E-state index in [9.17, 15) is 35.5 Å². The lowest BCUT2D eigenvalue weighted by atomic mass is 10.1. The Morgan fingerprint density at radius 2 is 1.71 bits per heavy atom. The predicted molar refractivity (Wildman–Crippen MR) is 78.1 cm³/mol. The largest absolute Gasteiger partial charge is 0.573 e. The van der Waals surface area contributed by atoms with E-state index >= 15 is 0 Å². The van der Waals surface area contributed by atoms with Crippen LogP contribution in [0.1, 0.15) is 20.0 Å². The summed E-state index contributed by atoms with van der Waals surface area (Å²) in [6.07, 6.45) is -10.4. The Hall–Kier alpha value is -3.18. The van der Waals surface area contributed by atoms with Gasteiger partial charge in [0.1, 0.15) is 22.9 Å². The van der Waals surface area contributed by atoms with Crippen LogP contribution in [-0.4, -0.2) is 24.5 Å². The molecule has 0 radical (unpaired) electrons. The van der Waals surface area contributed by atoms with Crippen molar-refractivity contribution in [1.82, 2.24) is 0 Å². The van der Waals surface area contributed by atoms with Gasteiger partial charge in [-0.25, -0.2) is 9.18 Å². The minimum Gasteiger partial charge on any atom is -0.493 e. The van der Waals surface area contributed by atoms with Gasteiger partial charge in [0, 0.05) is 6.07 Å². The van der Waals surface area contributed by atoms with Crippen LogP contribution >= 0.6 is 0 Å². The van der Waals surface area contributed by atoms with Gasteiger partial charge in [-0.3, -0.25) is 0 Å². The second-order valence-corrected chi connectivity index (χ2v) is 4.99. The van der Waals surface area contributed by atoms with Crippen LogP contribution in [0.4, 0.5) is 30.7 Å². The number of alkyl halides is 6. The third-order valence-electron chi connectivity index (χ3n) is 3.08. The Morgan fingerprint density at radius 3 is 2.25 bits per heavy atom. The molecule has 0 atom stereocenters. The van der Waals surface area contributed by atoms with Crippen molar-refractivity contribution < 1.29 is 59.0 Å². The van der Waals surface area contributed by atoms with E-state index < -0.39 is 65.5 Å². The zero-order valence-electron chi connectivity index (χ0n) is 16.1. The highest BCUT2D eigenvalue weighted by Crippen LogP contribution is 2.40. The standard InChI is InChI=1S/C16H9F7O5/c1-26-13-4-7(28-16(21,22)23)2-3-11(13)27-12-6-9(15(18,19)20)10(17)5-8(12)14(24)25/h2-6H,1H3,(H,24,25)/i1D3. The molecular weight excluding hydrogens is 405 g/mol. The van der Waals surface area contributed by atoms with Gasteiger partial charge in [-0.1, -0.05) is 0 Å². The Bertz CT molecular complexity index is 987. The average molecular weight is 417 g/mol. The fraction of sp³-hybridized carbons (Fsp3) is 0.188. The van der Waals surface area contributed by atoms with Crippen molar-refractivity contribution in [2.45, 2.75) is 12.5 Å². The molecule has 0 aliphatic heterocycles. The minimum absolute atomic E-state index is 0.00195. The summed E-state index contributed by atoms with van der Waals surface area (Å²) >= 11 is 0. The molecule has 12 heteroatoms. The molecule has 0 amide bonds. The van der Waals surface area contributed by atoms with E-state index in [-0.39, 0.29) is 12.1 Å². The molecule has 2 rings (SSSR count).